The Morgan fingerprint density at radius 1 is 1.14 bits per heavy atom. The van der Waals surface area contributed by atoms with E-state index in [4.69, 9.17) is 9.47 Å². The predicted molar refractivity (Wildman–Crippen MR) is 87.4 cm³/mol. The average Bonchev–Trinajstić information content (AvgIpc) is 2.58. The summed E-state index contributed by atoms with van der Waals surface area (Å²) in [6, 6.07) is 7.90. The summed E-state index contributed by atoms with van der Waals surface area (Å²) in [6.45, 7) is 2.78. The summed E-state index contributed by atoms with van der Waals surface area (Å²) in [4.78, 5) is 14.2. The first-order valence-corrected chi connectivity index (χ1v) is 8.32. The molecule has 2 rings (SSSR count). The predicted octanol–water partition coefficient (Wildman–Crippen LogP) is 3.65. The maximum atomic E-state index is 12.3. The highest BCUT2D eigenvalue weighted by Gasteiger charge is 2.22. The van der Waals surface area contributed by atoms with Crippen LogP contribution in [0.1, 0.15) is 45.4 Å². The van der Waals surface area contributed by atoms with Crippen LogP contribution >= 0.6 is 0 Å². The topological polar surface area (TPSA) is 38.8 Å². The second kappa shape index (κ2) is 8.66. The largest absolute Gasteiger partial charge is 0.490 e. The van der Waals surface area contributed by atoms with Crippen LogP contribution in [0.4, 0.5) is 0 Å². The van der Waals surface area contributed by atoms with Crippen LogP contribution in [0.25, 0.3) is 0 Å². The molecule has 1 aliphatic rings. The Bertz CT molecular complexity index is 469. The Kier molecular flexibility index (Phi) is 6.56. The molecular weight excluding hydrogens is 278 g/mol. The third kappa shape index (κ3) is 4.65. The smallest absolute Gasteiger partial charge is 0.260 e. The molecule has 0 heterocycles. The molecule has 0 aliphatic heterocycles. The van der Waals surface area contributed by atoms with Crippen LogP contribution in [-0.2, 0) is 4.79 Å². The van der Waals surface area contributed by atoms with E-state index in [0.29, 0.717) is 24.1 Å². The molecule has 1 saturated carbocycles. The van der Waals surface area contributed by atoms with Gasteiger partial charge in [-0.2, -0.15) is 0 Å². The average molecular weight is 305 g/mol. The SMILES string of the molecule is CCCOc1ccccc1OCC(=O)N(C)C1CCCCC1. The Labute approximate surface area is 133 Å². The van der Waals surface area contributed by atoms with Crippen LogP contribution < -0.4 is 9.47 Å². The zero-order valence-electron chi connectivity index (χ0n) is 13.7. The lowest BCUT2D eigenvalue weighted by Crippen LogP contribution is -2.40. The molecule has 0 unspecified atom stereocenters. The normalized spacial score (nSPS) is 15.4. The van der Waals surface area contributed by atoms with E-state index in [2.05, 4.69) is 6.92 Å². The van der Waals surface area contributed by atoms with Crippen molar-refractivity contribution in [3.05, 3.63) is 24.3 Å². The molecule has 1 fully saturated rings. The summed E-state index contributed by atoms with van der Waals surface area (Å²) in [6.07, 6.45) is 6.89. The number of amides is 1. The van der Waals surface area contributed by atoms with Crippen LogP contribution in [0.3, 0.4) is 0 Å². The van der Waals surface area contributed by atoms with Gasteiger partial charge in [-0.15, -0.1) is 0 Å². The molecule has 1 aliphatic carbocycles. The van der Waals surface area contributed by atoms with Gasteiger partial charge in [0.15, 0.2) is 18.1 Å². The van der Waals surface area contributed by atoms with Gasteiger partial charge in [0, 0.05) is 13.1 Å². The molecule has 0 bridgehead atoms. The summed E-state index contributed by atoms with van der Waals surface area (Å²) in [5, 5.41) is 0. The minimum absolute atomic E-state index is 0.0391. The van der Waals surface area contributed by atoms with Crippen LogP contribution in [0.5, 0.6) is 11.5 Å². The number of para-hydroxylation sites is 2. The molecule has 0 spiro atoms. The second-order valence-electron chi connectivity index (χ2n) is 5.88. The van der Waals surface area contributed by atoms with E-state index in [9.17, 15) is 4.79 Å². The van der Waals surface area contributed by atoms with Crippen molar-refractivity contribution < 1.29 is 14.3 Å². The van der Waals surface area contributed by atoms with Crippen molar-refractivity contribution in [2.45, 2.75) is 51.5 Å². The standard InChI is InChI=1S/C18H27NO3/c1-3-13-21-16-11-7-8-12-17(16)22-14-18(20)19(2)15-9-5-4-6-10-15/h7-8,11-12,15H,3-6,9-10,13-14H2,1-2H3. The fourth-order valence-corrected chi connectivity index (χ4v) is 2.81. The number of hydrogen-bond acceptors (Lipinski definition) is 3. The molecule has 0 N–H and O–H groups in total. The molecule has 122 valence electrons. The minimum Gasteiger partial charge on any atom is -0.490 e. The third-order valence-corrected chi connectivity index (χ3v) is 4.18. The number of ether oxygens (including phenoxy) is 2. The van der Waals surface area contributed by atoms with Gasteiger partial charge in [-0.1, -0.05) is 38.3 Å². The molecule has 0 aromatic heterocycles. The number of hydrogen-bond donors (Lipinski definition) is 0. The molecule has 4 heteroatoms. The monoisotopic (exact) mass is 305 g/mol. The minimum atomic E-state index is 0.0391. The Hall–Kier alpha value is -1.71. The number of likely N-dealkylation sites (N-methyl/N-ethyl adjacent to an activating group) is 1. The van der Waals surface area contributed by atoms with Crippen molar-refractivity contribution in [2.75, 3.05) is 20.3 Å². The summed E-state index contributed by atoms with van der Waals surface area (Å²) < 4.78 is 11.3. The highest BCUT2D eigenvalue weighted by atomic mass is 16.5. The molecule has 1 aromatic carbocycles. The molecule has 0 atom stereocenters. The fourth-order valence-electron chi connectivity index (χ4n) is 2.81. The number of benzene rings is 1. The quantitative estimate of drug-likeness (QED) is 0.772. The molecule has 0 saturated heterocycles. The summed E-state index contributed by atoms with van der Waals surface area (Å²) in [5.74, 6) is 1.39. The highest BCUT2D eigenvalue weighted by molar-refractivity contribution is 5.77. The molecule has 0 radical (unpaired) electrons. The van der Waals surface area contributed by atoms with E-state index in [1.165, 1.54) is 19.3 Å². The van der Waals surface area contributed by atoms with Crippen LogP contribution in [0, 0.1) is 0 Å². The molecule has 4 nitrogen and oxygen atoms in total. The van der Waals surface area contributed by atoms with E-state index >= 15 is 0 Å². The Morgan fingerprint density at radius 3 is 2.41 bits per heavy atom. The van der Waals surface area contributed by atoms with Gasteiger partial charge in [-0.05, 0) is 31.4 Å². The summed E-state index contributed by atoms with van der Waals surface area (Å²) >= 11 is 0. The Morgan fingerprint density at radius 2 is 1.77 bits per heavy atom. The van der Waals surface area contributed by atoms with Crippen LogP contribution in [0.2, 0.25) is 0 Å². The first-order chi connectivity index (χ1) is 10.7. The first kappa shape index (κ1) is 16.7. The Balaban J connectivity index is 1.87. The lowest BCUT2D eigenvalue weighted by Gasteiger charge is -2.31. The van der Waals surface area contributed by atoms with Gasteiger partial charge in [-0.25, -0.2) is 0 Å². The van der Waals surface area contributed by atoms with Gasteiger partial charge >= 0.3 is 0 Å². The van der Waals surface area contributed by atoms with Gasteiger partial charge in [-0.3, -0.25) is 4.79 Å². The van der Waals surface area contributed by atoms with Gasteiger partial charge in [0.2, 0.25) is 0 Å². The zero-order chi connectivity index (χ0) is 15.8. The lowest BCUT2D eigenvalue weighted by atomic mass is 9.94. The van der Waals surface area contributed by atoms with E-state index in [-0.39, 0.29) is 12.5 Å². The van der Waals surface area contributed by atoms with Crippen LogP contribution in [-0.4, -0.2) is 37.1 Å². The van der Waals surface area contributed by atoms with Crippen molar-refractivity contribution in [3.8, 4) is 11.5 Å². The van der Waals surface area contributed by atoms with E-state index in [0.717, 1.165) is 19.3 Å². The number of nitrogens with zero attached hydrogens (tertiary/aromatic N) is 1. The van der Waals surface area contributed by atoms with Gasteiger partial charge in [0.1, 0.15) is 0 Å². The van der Waals surface area contributed by atoms with E-state index < -0.39 is 0 Å². The van der Waals surface area contributed by atoms with E-state index in [1.54, 1.807) is 0 Å². The zero-order valence-corrected chi connectivity index (χ0v) is 13.7. The highest BCUT2D eigenvalue weighted by Crippen LogP contribution is 2.27. The van der Waals surface area contributed by atoms with Crippen molar-refractivity contribution in [1.82, 2.24) is 4.90 Å². The van der Waals surface area contributed by atoms with Crippen molar-refractivity contribution in [2.24, 2.45) is 0 Å². The summed E-state index contributed by atoms with van der Waals surface area (Å²) in [5.41, 5.74) is 0. The second-order valence-corrected chi connectivity index (χ2v) is 5.88. The first-order valence-electron chi connectivity index (χ1n) is 8.32. The van der Waals surface area contributed by atoms with Gasteiger partial charge in [0.05, 0.1) is 6.61 Å². The van der Waals surface area contributed by atoms with Crippen LogP contribution in [0.15, 0.2) is 24.3 Å². The molecular formula is C18H27NO3. The van der Waals surface area contributed by atoms with Crippen molar-refractivity contribution >= 4 is 5.91 Å². The van der Waals surface area contributed by atoms with Crippen molar-refractivity contribution in [1.29, 1.82) is 0 Å². The maximum absolute atomic E-state index is 12.3. The molecule has 1 amide bonds. The molecule has 22 heavy (non-hydrogen) atoms. The molecule has 1 aromatic rings. The number of rotatable bonds is 7. The maximum Gasteiger partial charge on any atom is 0.260 e. The van der Waals surface area contributed by atoms with E-state index in [1.807, 2.05) is 36.2 Å². The van der Waals surface area contributed by atoms with Gasteiger partial charge in [0.25, 0.3) is 5.91 Å². The third-order valence-electron chi connectivity index (χ3n) is 4.18. The van der Waals surface area contributed by atoms with Crippen molar-refractivity contribution in [3.63, 3.8) is 0 Å². The lowest BCUT2D eigenvalue weighted by molar-refractivity contribution is -0.134. The van der Waals surface area contributed by atoms with Gasteiger partial charge < -0.3 is 14.4 Å². The number of carbonyl (C=O) groups is 1. The fraction of sp³-hybridized carbons (Fsp3) is 0.611. The number of carbonyl (C=O) groups excluding carboxylic acids is 1. The summed E-state index contributed by atoms with van der Waals surface area (Å²) in [7, 11) is 1.89.